The summed E-state index contributed by atoms with van der Waals surface area (Å²) in [5, 5.41) is 41.6. The van der Waals surface area contributed by atoms with Gasteiger partial charge in [-0.3, -0.25) is 0 Å². The number of hydrogen-bond donors (Lipinski definition) is 2. The largest absolute Gasteiger partial charge is 0.389 e. The average Bonchev–Trinajstić information content (AvgIpc) is 3.79. The van der Waals surface area contributed by atoms with E-state index in [0.29, 0.717) is 38.9 Å². The molecule has 4 aromatic rings. The molecule has 13 heteroatoms. The molecule has 0 saturated carbocycles. The van der Waals surface area contributed by atoms with Gasteiger partial charge in [0, 0.05) is 36.9 Å². The number of fused-ring (bicyclic) bond motifs is 5. The summed E-state index contributed by atoms with van der Waals surface area (Å²) in [7, 11) is 3.94. The lowest BCUT2D eigenvalue weighted by Crippen LogP contribution is -2.37. The monoisotopic (exact) mass is 639 g/mol. The highest BCUT2D eigenvalue weighted by atomic mass is 32.1. The average molecular weight is 640 g/mol. The molecule has 0 saturated heterocycles. The number of anilines is 2. The fourth-order valence-corrected chi connectivity index (χ4v) is 9.28. The van der Waals surface area contributed by atoms with Crippen LogP contribution in [0.25, 0.3) is 22.6 Å². The van der Waals surface area contributed by atoms with Crippen molar-refractivity contribution in [1.82, 2.24) is 24.9 Å². The summed E-state index contributed by atoms with van der Waals surface area (Å²) in [6.45, 7) is 6.81. The van der Waals surface area contributed by atoms with Crippen LogP contribution in [-0.2, 0) is 18.3 Å². The van der Waals surface area contributed by atoms with E-state index >= 15 is 0 Å². The van der Waals surface area contributed by atoms with E-state index in [1.165, 1.54) is 17.0 Å². The maximum Gasteiger partial charge on any atom is 0.186 e. The highest BCUT2D eigenvalue weighted by molar-refractivity contribution is 7.16. The lowest BCUT2D eigenvalue weighted by Gasteiger charge is -2.39. The minimum Gasteiger partial charge on any atom is -0.389 e. The molecule has 4 aromatic heterocycles. The summed E-state index contributed by atoms with van der Waals surface area (Å²) in [5.41, 5.74) is 9.97. The Hall–Kier alpha value is -4.33. The number of aromatic nitrogens is 5. The summed E-state index contributed by atoms with van der Waals surface area (Å²) in [4.78, 5) is 13.1. The van der Waals surface area contributed by atoms with Gasteiger partial charge in [-0.2, -0.15) is 15.6 Å². The third kappa shape index (κ3) is 4.59. The lowest BCUT2D eigenvalue weighted by molar-refractivity contribution is -0.490. The van der Waals surface area contributed by atoms with Gasteiger partial charge >= 0.3 is 0 Å². The molecule has 0 amide bonds. The summed E-state index contributed by atoms with van der Waals surface area (Å²) in [6, 6.07) is 4.53. The van der Waals surface area contributed by atoms with Crippen LogP contribution >= 0.6 is 11.3 Å². The van der Waals surface area contributed by atoms with E-state index in [9.17, 15) is 15.6 Å². The molecule has 3 aliphatic rings. The number of nitrogens with zero attached hydrogens (tertiary/aromatic N) is 9. The Morgan fingerprint density at radius 3 is 2.61 bits per heavy atom. The first-order chi connectivity index (χ1) is 22.0. The number of aliphatic hydroxyl groups is 1. The van der Waals surface area contributed by atoms with Gasteiger partial charge in [0.1, 0.15) is 42.6 Å². The Labute approximate surface area is 271 Å². The van der Waals surface area contributed by atoms with Gasteiger partial charge in [0.05, 0.1) is 22.0 Å². The number of nitrogen functional groups attached to an aromatic ring is 1. The summed E-state index contributed by atoms with van der Waals surface area (Å²) < 4.78 is 10.4. The maximum absolute atomic E-state index is 10.8. The second-order valence-electron chi connectivity index (χ2n) is 13.7. The zero-order valence-corrected chi connectivity index (χ0v) is 27.8. The minimum atomic E-state index is -1.02. The van der Waals surface area contributed by atoms with Crippen LogP contribution in [0.15, 0.2) is 4.52 Å². The van der Waals surface area contributed by atoms with Crippen molar-refractivity contribution in [1.29, 1.82) is 10.5 Å². The Morgan fingerprint density at radius 2 is 1.93 bits per heavy atom. The molecule has 3 N–H and O–H groups in total. The van der Waals surface area contributed by atoms with E-state index in [4.69, 9.17) is 25.3 Å². The van der Waals surface area contributed by atoms with Crippen LogP contribution in [0.2, 0.25) is 0 Å². The lowest BCUT2D eigenvalue weighted by atomic mass is 9.63. The number of hydrogen-bond acceptors (Lipinski definition) is 11. The van der Waals surface area contributed by atoms with Crippen molar-refractivity contribution in [3.05, 3.63) is 33.0 Å². The molecule has 46 heavy (non-hydrogen) atoms. The molecule has 7 rings (SSSR count). The van der Waals surface area contributed by atoms with Crippen molar-refractivity contribution in [3.8, 4) is 23.7 Å². The van der Waals surface area contributed by atoms with Crippen molar-refractivity contribution in [2.24, 2.45) is 0 Å². The van der Waals surface area contributed by atoms with E-state index in [0.717, 1.165) is 79.7 Å². The standard InChI is InChI=1S/C33H39N10O2S/c1-18(22-10-8-14-41(22)4)43-31-24(21(16-35)39-43)30(42(5)17-32(2,3)44)37-29(38-31)26-19-9-6-12-33(27(19)45-40-26)13-7-11-23-25(33)20(15-34)28(36)46-23/h18,44H,6-14,17,36H2,1-5H3/q+1/t18-,33-/m0/s1. The molecule has 0 aromatic carbocycles. The quantitative estimate of drug-likeness (QED) is 0.287. The minimum absolute atomic E-state index is 0.129. The van der Waals surface area contributed by atoms with Crippen molar-refractivity contribution in [2.45, 2.75) is 89.2 Å². The van der Waals surface area contributed by atoms with Gasteiger partial charge in [0.25, 0.3) is 0 Å². The van der Waals surface area contributed by atoms with Gasteiger partial charge in [0.15, 0.2) is 34.3 Å². The SMILES string of the molecule is C[C@@H](C1=[N+](C)CCC1)n1nc(C#N)c2c(N(C)CC(C)(C)O)nc(-c3noc4c3CCC[C@@]43CCCc4sc(N)c(C#N)c43)nc21. The Morgan fingerprint density at radius 1 is 1.17 bits per heavy atom. The van der Waals surface area contributed by atoms with Crippen LogP contribution in [0.5, 0.6) is 0 Å². The predicted molar refractivity (Wildman–Crippen MR) is 175 cm³/mol. The third-order valence-corrected chi connectivity index (χ3v) is 11.0. The van der Waals surface area contributed by atoms with Crippen molar-refractivity contribution >= 4 is 38.9 Å². The smallest absolute Gasteiger partial charge is 0.186 e. The second-order valence-corrected chi connectivity index (χ2v) is 14.9. The highest BCUT2D eigenvalue weighted by Crippen LogP contribution is 2.55. The van der Waals surface area contributed by atoms with E-state index in [-0.39, 0.29) is 18.3 Å². The van der Waals surface area contributed by atoms with Crippen LogP contribution in [0.3, 0.4) is 0 Å². The van der Waals surface area contributed by atoms with Crippen LogP contribution in [0, 0.1) is 22.7 Å². The molecule has 0 radical (unpaired) electrons. The first-order valence-electron chi connectivity index (χ1n) is 16.0. The number of likely N-dealkylation sites (N-methyl/N-ethyl adjacent to an activating group) is 1. The molecule has 2 atom stereocenters. The molecular weight excluding hydrogens is 600 g/mol. The van der Waals surface area contributed by atoms with Crippen LogP contribution in [0.4, 0.5) is 10.8 Å². The fourth-order valence-electron chi connectivity index (χ4n) is 8.12. The number of rotatable bonds is 6. The van der Waals surface area contributed by atoms with Gasteiger partial charge in [-0.15, -0.1) is 11.3 Å². The summed E-state index contributed by atoms with van der Waals surface area (Å²) >= 11 is 1.52. The van der Waals surface area contributed by atoms with E-state index in [1.54, 1.807) is 13.8 Å². The molecule has 0 bridgehead atoms. The summed E-state index contributed by atoms with van der Waals surface area (Å²) in [5.74, 6) is 1.67. The number of thiophene rings is 1. The number of aryl methyl sites for hydroxylation is 1. The van der Waals surface area contributed by atoms with Gasteiger partial charge in [-0.25, -0.2) is 19.2 Å². The van der Waals surface area contributed by atoms with E-state index in [1.807, 2.05) is 16.6 Å². The normalized spacial score (nSPS) is 20.1. The molecule has 5 heterocycles. The van der Waals surface area contributed by atoms with Crippen LogP contribution < -0.4 is 10.6 Å². The van der Waals surface area contributed by atoms with E-state index < -0.39 is 11.0 Å². The van der Waals surface area contributed by atoms with Gasteiger partial charge in [0.2, 0.25) is 0 Å². The zero-order valence-electron chi connectivity index (χ0n) is 27.0. The summed E-state index contributed by atoms with van der Waals surface area (Å²) in [6.07, 6.45) is 7.24. The predicted octanol–water partition coefficient (Wildman–Crippen LogP) is 4.47. The second kappa shape index (κ2) is 10.9. The molecule has 1 aliphatic heterocycles. The Kier molecular flexibility index (Phi) is 7.18. The van der Waals surface area contributed by atoms with Crippen molar-refractivity contribution in [3.63, 3.8) is 0 Å². The number of nitrogens with two attached hydrogens (primary N) is 1. The molecule has 0 unspecified atom stereocenters. The fraction of sp³-hybridized carbons (Fsp3) is 0.545. The molecule has 2 aliphatic carbocycles. The van der Waals surface area contributed by atoms with E-state index in [2.05, 4.69) is 35.8 Å². The molecule has 238 valence electrons. The zero-order chi connectivity index (χ0) is 32.5. The molecule has 1 spiro atoms. The van der Waals surface area contributed by atoms with Crippen molar-refractivity contribution in [2.75, 3.05) is 37.8 Å². The van der Waals surface area contributed by atoms with Crippen LogP contribution in [0.1, 0.15) is 98.4 Å². The van der Waals surface area contributed by atoms with Gasteiger partial charge in [-0.1, -0.05) is 5.16 Å². The van der Waals surface area contributed by atoms with Crippen LogP contribution in [-0.4, -0.2) is 73.1 Å². The van der Waals surface area contributed by atoms with Gasteiger partial charge < -0.3 is 20.3 Å². The van der Waals surface area contributed by atoms with Crippen molar-refractivity contribution < 1.29 is 14.2 Å². The number of nitriles is 2. The first-order valence-corrected chi connectivity index (χ1v) is 16.8. The Bertz CT molecular complexity index is 1990. The van der Waals surface area contributed by atoms with Gasteiger partial charge in [-0.05, 0) is 64.9 Å². The highest BCUT2D eigenvalue weighted by Gasteiger charge is 2.49. The Balaban J connectivity index is 1.45. The molecular formula is C33H39N10O2S+. The third-order valence-electron chi connectivity index (χ3n) is 9.96. The maximum atomic E-state index is 10.8. The molecule has 12 nitrogen and oxygen atoms in total. The molecule has 0 fully saturated rings. The first kappa shape index (κ1) is 30.3. The topological polar surface area (TPSA) is 170 Å².